The van der Waals surface area contributed by atoms with E-state index in [9.17, 15) is 19.1 Å². The van der Waals surface area contributed by atoms with E-state index in [0.717, 1.165) is 16.7 Å². The fourth-order valence-electron chi connectivity index (χ4n) is 4.10. The number of rotatable bonds is 4. The van der Waals surface area contributed by atoms with Crippen LogP contribution in [0.4, 0.5) is 4.39 Å². The minimum absolute atomic E-state index is 0.00560. The molecule has 0 spiro atoms. The first-order chi connectivity index (χ1) is 15.7. The summed E-state index contributed by atoms with van der Waals surface area (Å²) in [6, 6.07) is 21.6. The summed E-state index contributed by atoms with van der Waals surface area (Å²) in [5.74, 6) is -2.19. The van der Waals surface area contributed by atoms with Crippen LogP contribution in [-0.4, -0.2) is 21.7 Å². The van der Waals surface area contributed by atoms with Gasteiger partial charge >= 0.3 is 0 Å². The standard InChI is InChI=1S/C28H26FNO3/c1-28(2,3)21-13-9-19(10-14-21)24-23(25(31)20-11-15-22(29)16-12-20)26(32)27(33)30(24)17-18-7-5-4-6-8-18/h4-16,24,31H,17H2,1-3H3/b25-23+. The summed E-state index contributed by atoms with van der Waals surface area (Å²) in [5.41, 5.74) is 2.94. The highest BCUT2D eigenvalue weighted by Crippen LogP contribution is 2.40. The Morgan fingerprint density at radius 1 is 0.909 bits per heavy atom. The number of hydrogen-bond acceptors (Lipinski definition) is 3. The van der Waals surface area contributed by atoms with Gasteiger partial charge in [-0.25, -0.2) is 4.39 Å². The summed E-state index contributed by atoms with van der Waals surface area (Å²) in [6.07, 6.45) is 0. The molecule has 3 aromatic carbocycles. The van der Waals surface area contributed by atoms with Crippen LogP contribution in [0.25, 0.3) is 5.76 Å². The molecule has 4 rings (SSSR count). The second-order valence-corrected chi connectivity index (χ2v) is 9.29. The molecule has 5 heteroatoms. The first-order valence-corrected chi connectivity index (χ1v) is 10.9. The number of benzene rings is 3. The van der Waals surface area contributed by atoms with Crippen LogP contribution >= 0.6 is 0 Å². The second kappa shape index (κ2) is 8.66. The fourth-order valence-corrected chi connectivity index (χ4v) is 4.10. The molecule has 1 fully saturated rings. The lowest BCUT2D eigenvalue weighted by atomic mass is 9.85. The van der Waals surface area contributed by atoms with Gasteiger partial charge in [-0.05, 0) is 46.4 Å². The Hall–Kier alpha value is -3.73. The lowest BCUT2D eigenvalue weighted by Crippen LogP contribution is -2.29. The molecular formula is C28H26FNO3. The number of amides is 1. The maximum Gasteiger partial charge on any atom is 0.295 e. The Bertz CT molecular complexity index is 1210. The van der Waals surface area contributed by atoms with E-state index >= 15 is 0 Å². The Kier molecular flexibility index (Phi) is 5.90. The fraction of sp³-hybridized carbons (Fsp3) is 0.214. The molecule has 1 aliphatic heterocycles. The van der Waals surface area contributed by atoms with Gasteiger partial charge < -0.3 is 10.0 Å². The summed E-state index contributed by atoms with van der Waals surface area (Å²) >= 11 is 0. The molecule has 1 amide bonds. The van der Waals surface area contributed by atoms with Crippen LogP contribution in [0.2, 0.25) is 0 Å². The van der Waals surface area contributed by atoms with Gasteiger partial charge in [-0.3, -0.25) is 9.59 Å². The van der Waals surface area contributed by atoms with Crippen LogP contribution in [0, 0.1) is 5.82 Å². The monoisotopic (exact) mass is 443 g/mol. The number of halogens is 1. The van der Waals surface area contributed by atoms with Crippen molar-refractivity contribution in [2.24, 2.45) is 0 Å². The van der Waals surface area contributed by atoms with Gasteiger partial charge in [-0.2, -0.15) is 0 Å². The number of aliphatic hydroxyl groups is 1. The van der Waals surface area contributed by atoms with Crippen LogP contribution in [0.15, 0.2) is 84.4 Å². The average molecular weight is 444 g/mol. The van der Waals surface area contributed by atoms with E-state index in [1.807, 2.05) is 54.6 Å². The number of Topliss-reactive ketones (excluding diaryl/α,β-unsaturated/α-hetero) is 1. The first-order valence-electron chi connectivity index (χ1n) is 10.9. The molecule has 1 aliphatic rings. The lowest BCUT2D eigenvalue weighted by Gasteiger charge is -2.26. The molecule has 0 bridgehead atoms. The van der Waals surface area contributed by atoms with Gasteiger partial charge in [0.1, 0.15) is 11.6 Å². The van der Waals surface area contributed by atoms with Crippen LogP contribution in [0.3, 0.4) is 0 Å². The smallest absolute Gasteiger partial charge is 0.295 e. The molecule has 0 radical (unpaired) electrons. The molecule has 1 atom stereocenters. The maximum atomic E-state index is 13.4. The summed E-state index contributed by atoms with van der Waals surface area (Å²) < 4.78 is 13.4. The summed E-state index contributed by atoms with van der Waals surface area (Å²) in [4.78, 5) is 27.7. The Morgan fingerprint density at radius 2 is 1.52 bits per heavy atom. The molecule has 168 valence electrons. The third-order valence-corrected chi connectivity index (χ3v) is 5.95. The highest BCUT2D eigenvalue weighted by molar-refractivity contribution is 6.46. The number of ketones is 1. The van der Waals surface area contributed by atoms with Crippen molar-refractivity contribution in [3.05, 3.63) is 113 Å². The summed E-state index contributed by atoms with van der Waals surface area (Å²) in [5, 5.41) is 11.1. The molecule has 33 heavy (non-hydrogen) atoms. The van der Waals surface area contributed by atoms with Gasteiger partial charge in [0.15, 0.2) is 0 Å². The van der Waals surface area contributed by atoms with E-state index in [2.05, 4.69) is 20.8 Å². The van der Waals surface area contributed by atoms with Crippen LogP contribution in [0.5, 0.6) is 0 Å². The van der Waals surface area contributed by atoms with Crippen molar-refractivity contribution in [1.29, 1.82) is 0 Å². The molecule has 0 aromatic heterocycles. The molecule has 0 saturated carbocycles. The third kappa shape index (κ3) is 4.44. The van der Waals surface area contributed by atoms with Crippen molar-refractivity contribution >= 4 is 17.4 Å². The molecule has 1 heterocycles. The van der Waals surface area contributed by atoms with Gasteiger partial charge in [0, 0.05) is 12.1 Å². The molecule has 1 saturated heterocycles. The number of likely N-dealkylation sites (tertiary alicyclic amines) is 1. The second-order valence-electron chi connectivity index (χ2n) is 9.29. The average Bonchev–Trinajstić information content (AvgIpc) is 3.04. The molecule has 1 N–H and O–H groups in total. The van der Waals surface area contributed by atoms with Gasteiger partial charge in [0.25, 0.3) is 11.7 Å². The van der Waals surface area contributed by atoms with E-state index in [-0.39, 0.29) is 28.9 Å². The van der Waals surface area contributed by atoms with Crippen molar-refractivity contribution in [1.82, 2.24) is 4.90 Å². The number of carbonyl (C=O) groups is 2. The molecular weight excluding hydrogens is 417 g/mol. The quantitative estimate of drug-likeness (QED) is 0.318. The minimum atomic E-state index is -0.760. The zero-order valence-electron chi connectivity index (χ0n) is 18.9. The predicted octanol–water partition coefficient (Wildman–Crippen LogP) is 5.75. The normalized spacial score (nSPS) is 18.1. The molecule has 4 nitrogen and oxygen atoms in total. The van der Waals surface area contributed by atoms with Gasteiger partial charge in [0.05, 0.1) is 11.6 Å². The SMILES string of the molecule is CC(C)(C)c1ccc(C2/C(=C(\O)c3ccc(F)cc3)C(=O)C(=O)N2Cc2ccccc2)cc1. The zero-order chi connectivity index (χ0) is 23.8. The first kappa shape index (κ1) is 22.5. The largest absolute Gasteiger partial charge is 0.507 e. The van der Waals surface area contributed by atoms with Crippen molar-refractivity contribution < 1.29 is 19.1 Å². The zero-order valence-corrected chi connectivity index (χ0v) is 18.9. The van der Waals surface area contributed by atoms with E-state index < -0.39 is 23.5 Å². The van der Waals surface area contributed by atoms with Crippen LogP contribution in [0.1, 0.15) is 49.1 Å². The van der Waals surface area contributed by atoms with E-state index in [4.69, 9.17) is 0 Å². The summed E-state index contributed by atoms with van der Waals surface area (Å²) in [6.45, 7) is 6.55. The van der Waals surface area contributed by atoms with Gasteiger partial charge in [-0.15, -0.1) is 0 Å². The molecule has 1 unspecified atom stereocenters. The number of aliphatic hydroxyl groups excluding tert-OH is 1. The van der Waals surface area contributed by atoms with Crippen LogP contribution in [-0.2, 0) is 21.5 Å². The van der Waals surface area contributed by atoms with Crippen LogP contribution < -0.4 is 0 Å². The van der Waals surface area contributed by atoms with E-state index in [0.29, 0.717) is 0 Å². The predicted molar refractivity (Wildman–Crippen MR) is 126 cm³/mol. The van der Waals surface area contributed by atoms with E-state index in [1.165, 1.54) is 29.2 Å². The van der Waals surface area contributed by atoms with Crippen molar-refractivity contribution in [3.63, 3.8) is 0 Å². The van der Waals surface area contributed by atoms with Crippen molar-refractivity contribution in [3.8, 4) is 0 Å². The topological polar surface area (TPSA) is 57.6 Å². The van der Waals surface area contributed by atoms with Crippen molar-refractivity contribution in [2.45, 2.75) is 38.8 Å². The maximum absolute atomic E-state index is 13.4. The third-order valence-electron chi connectivity index (χ3n) is 5.95. The minimum Gasteiger partial charge on any atom is -0.507 e. The Labute approximate surface area is 193 Å². The highest BCUT2D eigenvalue weighted by Gasteiger charge is 2.46. The number of nitrogens with zero attached hydrogens (tertiary/aromatic N) is 1. The lowest BCUT2D eigenvalue weighted by molar-refractivity contribution is -0.140. The van der Waals surface area contributed by atoms with Gasteiger partial charge in [0.2, 0.25) is 0 Å². The Balaban J connectivity index is 1.85. The molecule has 3 aromatic rings. The Morgan fingerprint density at radius 3 is 2.09 bits per heavy atom. The van der Waals surface area contributed by atoms with Gasteiger partial charge in [-0.1, -0.05) is 75.4 Å². The van der Waals surface area contributed by atoms with Crippen molar-refractivity contribution in [2.75, 3.05) is 0 Å². The van der Waals surface area contributed by atoms with E-state index in [1.54, 1.807) is 0 Å². The summed E-state index contributed by atoms with van der Waals surface area (Å²) in [7, 11) is 0. The highest BCUT2D eigenvalue weighted by atomic mass is 19.1. The number of hydrogen-bond donors (Lipinski definition) is 1. The molecule has 0 aliphatic carbocycles. The number of carbonyl (C=O) groups excluding carboxylic acids is 2.